The van der Waals surface area contributed by atoms with Gasteiger partial charge in [0.25, 0.3) is 17.4 Å². The minimum atomic E-state index is -0.822. The van der Waals surface area contributed by atoms with E-state index < -0.39 is 17.9 Å². The van der Waals surface area contributed by atoms with Gasteiger partial charge in [-0.3, -0.25) is 34.2 Å². The molecule has 3 aliphatic heterocycles. The Bertz CT molecular complexity index is 2320. The van der Waals surface area contributed by atoms with E-state index in [1.807, 2.05) is 30.3 Å². The first-order valence-corrected chi connectivity index (χ1v) is 20.2. The summed E-state index contributed by atoms with van der Waals surface area (Å²) in [6.07, 6.45) is 3.96. The maximum absolute atomic E-state index is 13.3. The van der Waals surface area contributed by atoms with E-state index in [4.69, 9.17) is 30.8 Å². The number of fused-ring (bicyclic) bond motifs is 1. The lowest BCUT2D eigenvalue weighted by Gasteiger charge is -2.39. The molecule has 2 aromatic carbocycles. The summed E-state index contributed by atoms with van der Waals surface area (Å²) in [5, 5.41) is 11.9. The highest BCUT2D eigenvalue weighted by atomic mass is 35.5. The summed E-state index contributed by atoms with van der Waals surface area (Å²) in [7, 11) is 6.14. The number of hydrogen-bond donors (Lipinski definition) is 4. The monoisotopic (exact) mass is 844 g/mol. The van der Waals surface area contributed by atoms with Crippen LogP contribution < -0.4 is 50.8 Å². The Hall–Kier alpha value is -6.14. The van der Waals surface area contributed by atoms with Gasteiger partial charge in [-0.15, -0.1) is 0 Å². The number of pyridine rings is 1. The number of piperazine rings is 1. The zero-order valence-corrected chi connectivity index (χ0v) is 34.8. The Morgan fingerprint density at radius 2 is 1.63 bits per heavy atom. The van der Waals surface area contributed by atoms with Crippen molar-refractivity contribution in [1.82, 2.24) is 35.4 Å². The number of ether oxygens (including phenoxy) is 3. The third-order valence-corrected chi connectivity index (χ3v) is 11.5. The summed E-state index contributed by atoms with van der Waals surface area (Å²) in [4.78, 5) is 77.9. The molecule has 60 heavy (non-hydrogen) atoms. The summed E-state index contributed by atoms with van der Waals surface area (Å²) in [5.74, 6) is 0.555. The number of hydrogen-bond acceptors (Lipinski definition) is 14. The second-order valence-corrected chi connectivity index (χ2v) is 15.4. The first-order chi connectivity index (χ1) is 28.9. The molecule has 7 rings (SSSR count). The number of rotatable bonds is 13. The number of piperidine rings is 2. The number of methoxy groups -OCH3 is 2. The highest BCUT2D eigenvalue weighted by Gasteiger charge is 2.32. The third kappa shape index (κ3) is 9.34. The van der Waals surface area contributed by atoms with Crippen molar-refractivity contribution in [2.24, 2.45) is 13.0 Å². The second-order valence-electron chi connectivity index (χ2n) is 15.0. The number of nitrogens with zero attached hydrogens (tertiary/aromatic N) is 6. The van der Waals surface area contributed by atoms with Crippen LogP contribution in [0.1, 0.15) is 36.0 Å². The molecule has 2 aromatic heterocycles. The van der Waals surface area contributed by atoms with Gasteiger partial charge in [-0.25, -0.2) is 4.98 Å². The van der Waals surface area contributed by atoms with Gasteiger partial charge in [-0.2, -0.15) is 4.98 Å². The van der Waals surface area contributed by atoms with E-state index in [1.54, 1.807) is 19.3 Å². The SMILES string of the molecule is CNC(=O)COc1cc2cc(Nc3nc(N4CCN(CC5CCN(c6cc(OC)c(C(=O)NC7CCC(=O)NC7=O)c(OC)c6)CC5)CC4)ncc3Cl)ccc2n(C)c1=O. The Balaban J connectivity index is 0.925. The fraction of sp³-hybridized carbons (Fsp3) is 0.439. The van der Waals surface area contributed by atoms with E-state index in [-0.39, 0.29) is 48.1 Å². The van der Waals surface area contributed by atoms with Crippen molar-refractivity contribution < 1.29 is 33.4 Å². The van der Waals surface area contributed by atoms with Crippen molar-refractivity contribution in [2.45, 2.75) is 31.7 Å². The number of halogens is 1. The van der Waals surface area contributed by atoms with E-state index >= 15 is 0 Å². The predicted molar refractivity (Wildman–Crippen MR) is 226 cm³/mol. The Labute approximate surface area is 351 Å². The normalized spacial score (nSPS) is 17.6. The van der Waals surface area contributed by atoms with Crippen molar-refractivity contribution in [3.63, 3.8) is 0 Å². The van der Waals surface area contributed by atoms with E-state index in [0.717, 1.165) is 69.7 Å². The molecule has 0 aliphatic carbocycles. The van der Waals surface area contributed by atoms with Gasteiger partial charge in [-0.05, 0) is 49.4 Å². The van der Waals surface area contributed by atoms with E-state index in [2.05, 4.69) is 41.0 Å². The van der Waals surface area contributed by atoms with Crippen LogP contribution in [0.2, 0.25) is 5.02 Å². The Kier molecular flexibility index (Phi) is 12.9. The van der Waals surface area contributed by atoms with Crippen LogP contribution in [0.25, 0.3) is 10.9 Å². The van der Waals surface area contributed by atoms with Crippen LogP contribution in [0.15, 0.2) is 47.4 Å². The molecule has 3 fully saturated rings. The smallest absolute Gasteiger partial charge is 0.293 e. The number of anilines is 4. The molecule has 1 unspecified atom stereocenters. The predicted octanol–water partition coefficient (Wildman–Crippen LogP) is 2.44. The number of carbonyl (C=O) groups is 4. The largest absolute Gasteiger partial charge is 0.496 e. The molecule has 4 amide bonds. The molecule has 5 heterocycles. The van der Waals surface area contributed by atoms with Gasteiger partial charge in [0.05, 0.1) is 25.9 Å². The van der Waals surface area contributed by atoms with Crippen molar-refractivity contribution in [3.05, 3.63) is 63.5 Å². The fourth-order valence-corrected chi connectivity index (χ4v) is 7.96. The minimum absolute atomic E-state index is 0.0706. The molecule has 3 saturated heterocycles. The van der Waals surface area contributed by atoms with Crippen molar-refractivity contribution in [2.75, 3.05) is 88.8 Å². The number of nitrogens with one attached hydrogen (secondary N) is 4. The van der Waals surface area contributed by atoms with Gasteiger partial charge in [0, 0.05) is 95.2 Å². The number of amides is 4. The lowest BCUT2D eigenvalue weighted by Crippen LogP contribution is -2.52. The van der Waals surface area contributed by atoms with Gasteiger partial charge in [0.15, 0.2) is 18.2 Å². The van der Waals surface area contributed by atoms with Crippen molar-refractivity contribution in [1.29, 1.82) is 0 Å². The molecule has 0 saturated carbocycles. The van der Waals surface area contributed by atoms with Crippen LogP contribution in [-0.4, -0.2) is 123 Å². The summed E-state index contributed by atoms with van der Waals surface area (Å²) in [6, 6.07) is 9.98. The van der Waals surface area contributed by atoms with Crippen molar-refractivity contribution in [3.8, 4) is 17.2 Å². The molecule has 3 aliphatic rings. The number of benzene rings is 2. The van der Waals surface area contributed by atoms with Gasteiger partial charge < -0.3 is 44.5 Å². The number of carbonyl (C=O) groups excluding carboxylic acids is 4. The van der Waals surface area contributed by atoms with Crippen LogP contribution in [-0.2, 0) is 21.4 Å². The lowest BCUT2D eigenvalue weighted by atomic mass is 9.95. The maximum Gasteiger partial charge on any atom is 0.293 e. The standard InChI is InChI=1S/C41H49ClN10O8/c1-43-35(54)23-60-33-18-25-17-26(5-7-30(25)49(2)40(33)57)45-37-28(42)21-44-41(48-37)52-15-13-50(14-16-52)22-24-9-11-51(12-10-24)27-19-31(58-3)36(32(20-27)59-4)39(56)46-29-6-8-34(53)47-38(29)55/h5,7,17-21,24,29H,6,8-16,22-23H2,1-4H3,(H,43,54)(H,46,56)(H,44,45,48)(H,47,53,55). The number of likely N-dealkylation sites (N-methyl/N-ethyl adjacent to an activating group) is 1. The molecule has 19 heteroatoms. The van der Waals surface area contributed by atoms with Crippen LogP contribution in [0.4, 0.5) is 23.1 Å². The average Bonchev–Trinajstić information content (AvgIpc) is 3.26. The Morgan fingerprint density at radius 1 is 0.917 bits per heavy atom. The van der Waals surface area contributed by atoms with E-state index in [0.29, 0.717) is 45.4 Å². The first-order valence-electron chi connectivity index (χ1n) is 19.8. The molecule has 318 valence electrons. The quantitative estimate of drug-likeness (QED) is 0.143. The summed E-state index contributed by atoms with van der Waals surface area (Å²) in [5.41, 5.74) is 2.13. The summed E-state index contributed by atoms with van der Waals surface area (Å²) < 4.78 is 18.3. The van der Waals surface area contributed by atoms with E-state index in [1.165, 1.54) is 25.8 Å². The third-order valence-electron chi connectivity index (χ3n) is 11.2. The molecule has 4 aromatic rings. The highest BCUT2D eigenvalue weighted by Crippen LogP contribution is 2.37. The summed E-state index contributed by atoms with van der Waals surface area (Å²) in [6.45, 7) is 5.60. The van der Waals surface area contributed by atoms with Crippen LogP contribution >= 0.6 is 11.6 Å². The number of imide groups is 1. The first kappa shape index (κ1) is 42.0. The topological polar surface area (TPSA) is 202 Å². The van der Waals surface area contributed by atoms with Gasteiger partial charge in [0.1, 0.15) is 28.1 Å². The molecule has 0 bridgehead atoms. The van der Waals surface area contributed by atoms with Crippen LogP contribution in [0, 0.1) is 5.92 Å². The zero-order chi connectivity index (χ0) is 42.5. The molecule has 0 spiro atoms. The molecular weight excluding hydrogens is 796 g/mol. The molecule has 18 nitrogen and oxygen atoms in total. The molecular formula is C41H49ClN10O8. The Morgan fingerprint density at radius 3 is 2.30 bits per heavy atom. The van der Waals surface area contributed by atoms with Gasteiger partial charge >= 0.3 is 0 Å². The molecule has 0 radical (unpaired) electrons. The van der Waals surface area contributed by atoms with Gasteiger partial charge in [-0.1, -0.05) is 11.6 Å². The molecule has 1 atom stereocenters. The minimum Gasteiger partial charge on any atom is -0.496 e. The summed E-state index contributed by atoms with van der Waals surface area (Å²) >= 11 is 6.56. The maximum atomic E-state index is 13.3. The zero-order valence-electron chi connectivity index (χ0n) is 34.0. The van der Waals surface area contributed by atoms with Crippen LogP contribution in [0.5, 0.6) is 17.2 Å². The second kappa shape index (κ2) is 18.4. The number of aryl methyl sites for hydroxylation is 1. The fourth-order valence-electron chi connectivity index (χ4n) is 7.82. The highest BCUT2D eigenvalue weighted by molar-refractivity contribution is 6.33. The van der Waals surface area contributed by atoms with Crippen LogP contribution in [0.3, 0.4) is 0 Å². The van der Waals surface area contributed by atoms with E-state index in [9.17, 15) is 24.0 Å². The molecule has 4 N–H and O–H groups in total. The average molecular weight is 845 g/mol. The lowest BCUT2D eigenvalue weighted by molar-refractivity contribution is -0.134. The number of aromatic nitrogens is 3. The van der Waals surface area contributed by atoms with Crippen molar-refractivity contribution >= 4 is 69.3 Å². The van der Waals surface area contributed by atoms with Gasteiger partial charge in [0.2, 0.25) is 17.8 Å².